The Morgan fingerprint density at radius 2 is 2.20 bits per heavy atom. The van der Waals surface area contributed by atoms with Crippen LogP contribution in [0, 0.1) is 0 Å². The standard InChI is InChI=1S/C9H12N4O2/c1-5(2)13-6-4-7(9(14)15)12(3)8(6)10-11-13/h4-5H,1-3H3,(H,14,15). The number of aromatic carboxylic acids is 1. The van der Waals surface area contributed by atoms with E-state index >= 15 is 0 Å². The summed E-state index contributed by atoms with van der Waals surface area (Å²) in [5.74, 6) is -0.953. The molecule has 6 nitrogen and oxygen atoms in total. The molecule has 0 saturated heterocycles. The van der Waals surface area contributed by atoms with E-state index in [-0.39, 0.29) is 11.7 Å². The van der Waals surface area contributed by atoms with Crippen molar-refractivity contribution in [3.05, 3.63) is 11.8 Å². The van der Waals surface area contributed by atoms with Crippen LogP contribution in [0.2, 0.25) is 0 Å². The largest absolute Gasteiger partial charge is 0.477 e. The normalized spacial score (nSPS) is 11.5. The molecule has 0 spiro atoms. The lowest BCUT2D eigenvalue weighted by atomic mass is 10.4. The van der Waals surface area contributed by atoms with E-state index in [1.165, 1.54) is 4.57 Å². The van der Waals surface area contributed by atoms with Gasteiger partial charge in [-0.2, -0.15) is 0 Å². The van der Waals surface area contributed by atoms with E-state index in [4.69, 9.17) is 5.11 Å². The minimum Gasteiger partial charge on any atom is -0.477 e. The van der Waals surface area contributed by atoms with Crippen LogP contribution in [0.25, 0.3) is 11.2 Å². The molecule has 0 amide bonds. The van der Waals surface area contributed by atoms with E-state index in [1.54, 1.807) is 17.8 Å². The van der Waals surface area contributed by atoms with Gasteiger partial charge in [0.15, 0.2) is 5.65 Å². The Morgan fingerprint density at radius 1 is 1.53 bits per heavy atom. The average molecular weight is 208 g/mol. The summed E-state index contributed by atoms with van der Waals surface area (Å²) in [7, 11) is 1.67. The van der Waals surface area contributed by atoms with Gasteiger partial charge in [0, 0.05) is 13.1 Å². The lowest BCUT2D eigenvalue weighted by molar-refractivity contribution is 0.0687. The molecule has 0 atom stereocenters. The number of hydrogen-bond acceptors (Lipinski definition) is 3. The highest BCUT2D eigenvalue weighted by Crippen LogP contribution is 2.19. The van der Waals surface area contributed by atoms with Gasteiger partial charge in [0.1, 0.15) is 11.2 Å². The maximum Gasteiger partial charge on any atom is 0.352 e. The number of fused-ring (bicyclic) bond motifs is 1. The fraction of sp³-hybridized carbons (Fsp3) is 0.444. The topological polar surface area (TPSA) is 72.9 Å². The summed E-state index contributed by atoms with van der Waals surface area (Å²) >= 11 is 0. The SMILES string of the molecule is CC(C)n1nnc2c1cc(C(=O)O)n2C. The summed E-state index contributed by atoms with van der Waals surface area (Å²) in [6.45, 7) is 3.95. The molecule has 0 aliphatic carbocycles. The van der Waals surface area contributed by atoms with Crippen LogP contribution in [0.5, 0.6) is 0 Å². The van der Waals surface area contributed by atoms with Gasteiger partial charge in [0.25, 0.3) is 0 Å². The molecule has 0 unspecified atom stereocenters. The Hall–Kier alpha value is -1.85. The molecule has 0 radical (unpaired) electrons. The van der Waals surface area contributed by atoms with Crippen molar-refractivity contribution in [1.82, 2.24) is 19.6 Å². The van der Waals surface area contributed by atoms with Crippen molar-refractivity contribution in [3.8, 4) is 0 Å². The molecule has 1 N–H and O–H groups in total. The second-order valence-corrected chi connectivity index (χ2v) is 3.73. The first-order chi connectivity index (χ1) is 7.02. The number of aromatic nitrogens is 4. The highest BCUT2D eigenvalue weighted by molar-refractivity contribution is 5.92. The van der Waals surface area contributed by atoms with E-state index in [9.17, 15) is 4.79 Å². The lowest BCUT2D eigenvalue weighted by Gasteiger charge is -2.02. The fourth-order valence-electron chi connectivity index (χ4n) is 1.59. The second kappa shape index (κ2) is 3.08. The Bertz CT molecular complexity index is 523. The molecular weight excluding hydrogens is 196 g/mol. The van der Waals surface area contributed by atoms with E-state index in [0.717, 1.165) is 5.52 Å². The fourth-order valence-corrected chi connectivity index (χ4v) is 1.59. The number of aryl methyl sites for hydroxylation is 1. The van der Waals surface area contributed by atoms with Crippen LogP contribution in [-0.4, -0.2) is 30.6 Å². The average Bonchev–Trinajstić information content (AvgIpc) is 2.66. The first-order valence-electron chi connectivity index (χ1n) is 4.66. The van der Waals surface area contributed by atoms with Gasteiger partial charge in [-0.05, 0) is 19.9 Å². The minimum absolute atomic E-state index is 0.166. The molecule has 0 bridgehead atoms. The smallest absolute Gasteiger partial charge is 0.352 e. The zero-order chi connectivity index (χ0) is 11.2. The number of hydrogen-bond donors (Lipinski definition) is 1. The van der Waals surface area contributed by atoms with E-state index in [0.29, 0.717) is 5.65 Å². The molecule has 0 saturated carbocycles. The van der Waals surface area contributed by atoms with Crippen molar-refractivity contribution in [3.63, 3.8) is 0 Å². The summed E-state index contributed by atoms with van der Waals surface area (Å²) < 4.78 is 3.24. The van der Waals surface area contributed by atoms with E-state index in [1.807, 2.05) is 13.8 Å². The molecule has 0 fully saturated rings. The third kappa shape index (κ3) is 1.29. The third-order valence-electron chi connectivity index (χ3n) is 2.37. The summed E-state index contributed by atoms with van der Waals surface area (Å²) in [6, 6.07) is 1.76. The zero-order valence-electron chi connectivity index (χ0n) is 8.80. The molecule has 80 valence electrons. The van der Waals surface area contributed by atoms with Gasteiger partial charge in [-0.1, -0.05) is 5.21 Å². The molecule has 2 aromatic rings. The van der Waals surface area contributed by atoms with Gasteiger partial charge in [-0.25, -0.2) is 9.48 Å². The van der Waals surface area contributed by atoms with Crippen molar-refractivity contribution < 1.29 is 9.90 Å². The van der Waals surface area contributed by atoms with Crippen LogP contribution in [0.1, 0.15) is 30.4 Å². The van der Waals surface area contributed by atoms with Crippen LogP contribution in [0.3, 0.4) is 0 Å². The predicted molar refractivity (Wildman–Crippen MR) is 53.8 cm³/mol. The molecule has 6 heteroatoms. The Balaban J connectivity index is 2.72. The molecule has 0 aliphatic rings. The van der Waals surface area contributed by atoms with Gasteiger partial charge in [0.2, 0.25) is 0 Å². The third-order valence-corrected chi connectivity index (χ3v) is 2.37. The second-order valence-electron chi connectivity index (χ2n) is 3.73. The van der Waals surface area contributed by atoms with Gasteiger partial charge in [-0.15, -0.1) is 5.10 Å². The summed E-state index contributed by atoms with van der Waals surface area (Å²) in [5, 5.41) is 16.9. The molecule has 2 rings (SSSR count). The number of carboxylic acid groups (broad SMARTS) is 1. The Labute approximate surface area is 86.1 Å². The van der Waals surface area contributed by atoms with Gasteiger partial charge in [-0.3, -0.25) is 0 Å². The zero-order valence-corrected chi connectivity index (χ0v) is 8.80. The van der Waals surface area contributed by atoms with Crippen LogP contribution >= 0.6 is 0 Å². The van der Waals surface area contributed by atoms with Crippen molar-refractivity contribution in [2.24, 2.45) is 7.05 Å². The van der Waals surface area contributed by atoms with Crippen LogP contribution in [0.15, 0.2) is 6.07 Å². The summed E-state index contributed by atoms with van der Waals surface area (Å²) in [6.07, 6.45) is 0. The molecule has 0 aromatic carbocycles. The van der Waals surface area contributed by atoms with Crippen molar-refractivity contribution >= 4 is 17.1 Å². The summed E-state index contributed by atoms with van der Waals surface area (Å²) in [5.41, 5.74) is 1.58. The van der Waals surface area contributed by atoms with Crippen molar-refractivity contribution in [1.29, 1.82) is 0 Å². The molecule has 0 aliphatic heterocycles. The minimum atomic E-state index is -0.953. The molecular formula is C9H12N4O2. The lowest BCUT2D eigenvalue weighted by Crippen LogP contribution is -2.05. The molecule has 2 heterocycles. The van der Waals surface area contributed by atoms with E-state index in [2.05, 4.69) is 10.3 Å². The highest BCUT2D eigenvalue weighted by Gasteiger charge is 2.17. The maximum absolute atomic E-state index is 10.9. The molecule has 2 aromatic heterocycles. The first kappa shape index (κ1) is 9.70. The van der Waals surface area contributed by atoms with Crippen molar-refractivity contribution in [2.75, 3.05) is 0 Å². The number of carboxylic acids is 1. The van der Waals surface area contributed by atoms with E-state index < -0.39 is 5.97 Å². The summed E-state index contributed by atoms with van der Waals surface area (Å²) in [4.78, 5) is 10.9. The van der Waals surface area contributed by atoms with Gasteiger partial charge in [0.05, 0.1) is 0 Å². The van der Waals surface area contributed by atoms with Crippen LogP contribution in [0.4, 0.5) is 0 Å². The van der Waals surface area contributed by atoms with Crippen LogP contribution < -0.4 is 0 Å². The van der Waals surface area contributed by atoms with Gasteiger partial charge >= 0.3 is 5.97 Å². The monoisotopic (exact) mass is 208 g/mol. The quantitative estimate of drug-likeness (QED) is 0.800. The number of nitrogens with zero attached hydrogens (tertiary/aromatic N) is 4. The maximum atomic E-state index is 10.9. The number of rotatable bonds is 2. The predicted octanol–water partition coefficient (Wildman–Crippen LogP) is 1.05. The Kier molecular flexibility index (Phi) is 1.99. The Morgan fingerprint density at radius 3 is 2.73 bits per heavy atom. The highest BCUT2D eigenvalue weighted by atomic mass is 16.4. The van der Waals surface area contributed by atoms with Crippen molar-refractivity contribution in [2.45, 2.75) is 19.9 Å². The molecule has 15 heavy (non-hydrogen) atoms. The number of carbonyl (C=O) groups is 1. The van der Waals surface area contributed by atoms with Gasteiger partial charge < -0.3 is 9.67 Å². The first-order valence-corrected chi connectivity index (χ1v) is 4.66. The van der Waals surface area contributed by atoms with Crippen LogP contribution in [-0.2, 0) is 7.05 Å².